The van der Waals surface area contributed by atoms with Crippen molar-refractivity contribution in [3.8, 4) is 0 Å². The maximum atomic E-state index is 11.4. The van der Waals surface area contributed by atoms with Gasteiger partial charge in [-0.05, 0) is 20.8 Å². The Morgan fingerprint density at radius 2 is 2.18 bits per heavy atom. The molecule has 1 amide bonds. The van der Waals surface area contributed by atoms with Crippen molar-refractivity contribution in [3.63, 3.8) is 0 Å². The topological polar surface area (TPSA) is 54.5 Å². The number of carbonyl (C=O) groups is 1. The number of nitrogens with one attached hydrogen (secondary N) is 1. The Labute approximate surface area is 106 Å². The van der Waals surface area contributed by atoms with Crippen LogP contribution in [-0.4, -0.2) is 30.8 Å². The molecule has 0 radical (unpaired) electrons. The van der Waals surface area contributed by atoms with Crippen LogP contribution in [-0.2, 0) is 11.3 Å². The highest BCUT2D eigenvalue weighted by Gasteiger charge is 2.16. The van der Waals surface area contributed by atoms with E-state index in [1.165, 1.54) is 0 Å². The van der Waals surface area contributed by atoms with Crippen molar-refractivity contribution in [2.45, 2.75) is 32.9 Å². The molecule has 0 spiro atoms. The smallest absolute Gasteiger partial charge is 0.407 e. The number of hydrogen-bond acceptors (Lipinski definition) is 5. The lowest BCUT2D eigenvalue weighted by Crippen LogP contribution is -2.32. The summed E-state index contributed by atoms with van der Waals surface area (Å²) in [5.74, 6) is 0. The molecule has 0 fully saturated rings. The van der Waals surface area contributed by atoms with E-state index in [-0.39, 0.29) is 0 Å². The van der Waals surface area contributed by atoms with Gasteiger partial charge in [-0.1, -0.05) is 0 Å². The van der Waals surface area contributed by atoms with Crippen molar-refractivity contribution in [2.24, 2.45) is 0 Å². The molecular formula is C11H19N3O2S. The second-order valence-electron chi connectivity index (χ2n) is 4.87. The van der Waals surface area contributed by atoms with E-state index in [0.717, 1.165) is 10.8 Å². The Bertz CT molecular complexity index is 382. The number of rotatable bonds is 3. The van der Waals surface area contributed by atoms with Crippen molar-refractivity contribution >= 4 is 22.6 Å². The number of ether oxygens (including phenoxy) is 1. The normalized spacial score (nSPS) is 11.1. The highest BCUT2D eigenvalue weighted by molar-refractivity contribution is 7.13. The molecule has 6 heteroatoms. The molecule has 17 heavy (non-hydrogen) atoms. The molecule has 0 saturated heterocycles. The monoisotopic (exact) mass is 257 g/mol. The first kappa shape index (κ1) is 13.8. The van der Waals surface area contributed by atoms with E-state index in [4.69, 9.17) is 4.74 Å². The van der Waals surface area contributed by atoms with Crippen molar-refractivity contribution < 1.29 is 9.53 Å². The van der Waals surface area contributed by atoms with Gasteiger partial charge in [-0.3, -0.25) is 0 Å². The highest BCUT2D eigenvalue weighted by atomic mass is 32.1. The summed E-state index contributed by atoms with van der Waals surface area (Å²) in [5.41, 5.74) is 0.366. The quantitative estimate of drug-likeness (QED) is 0.902. The number of alkyl carbamates (subject to hydrolysis) is 1. The molecule has 5 nitrogen and oxygen atoms in total. The van der Waals surface area contributed by atoms with Gasteiger partial charge in [0.25, 0.3) is 0 Å². The number of hydrogen-bond donors (Lipinski definition) is 1. The van der Waals surface area contributed by atoms with E-state index in [1.807, 2.05) is 45.1 Å². The van der Waals surface area contributed by atoms with Gasteiger partial charge >= 0.3 is 6.09 Å². The van der Waals surface area contributed by atoms with E-state index < -0.39 is 11.7 Å². The maximum Gasteiger partial charge on any atom is 0.407 e. The number of amides is 1. The Morgan fingerprint density at radius 3 is 2.65 bits per heavy atom. The number of thiazole rings is 1. The Kier molecular flexibility index (Phi) is 4.34. The first-order valence-electron chi connectivity index (χ1n) is 5.36. The third-order valence-corrected chi connectivity index (χ3v) is 2.79. The predicted octanol–water partition coefficient (Wildman–Crippen LogP) is 2.23. The third kappa shape index (κ3) is 5.04. The summed E-state index contributed by atoms with van der Waals surface area (Å²) < 4.78 is 5.13. The number of nitrogens with zero attached hydrogens (tertiary/aromatic N) is 2. The maximum absolute atomic E-state index is 11.4. The molecule has 0 aromatic carbocycles. The average molecular weight is 257 g/mol. The highest BCUT2D eigenvalue weighted by Crippen LogP contribution is 2.17. The fraction of sp³-hybridized carbons (Fsp3) is 0.636. The van der Waals surface area contributed by atoms with E-state index >= 15 is 0 Å². The van der Waals surface area contributed by atoms with Gasteiger partial charge < -0.3 is 15.0 Å². The second kappa shape index (κ2) is 5.35. The Balaban J connectivity index is 2.42. The molecule has 0 bridgehead atoms. The molecule has 0 aliphatic carbocycles. The summed E-state index contributed by atoms with van der Waals surface area (Å²) in [6.45, 7) is 5.89. The molecule has 1 aromatic heterocycles. The van der Waals surface area contributed by atoms with Gasteiger partial charge in [0.1, 0.15) is 5.60 Å². The minimum atomic E-state index is -0.471. The predicted molar refractivity (Wildman–Crippen MR) is 69.5 cm³/mol. The largest absolute Gasteiger partial charge is 0.444 e. The number of aromatic nitrogens is 1. The fourth-order valence-corrected chi connectivity index (χ4v) is 1.82. The lowest BCUT2D eigenvalue weighted by molar-refractivity contribution is 0.0523. The first-order valence-corrected chi connectivity index (χ1v) is 6.24. The SMILES string of the molecule is CN(C)c1nc(CNC(=O)OC(C)(C)C)cs1. The number of carbonyl (C=O) groups excluding carboxylic acids is 1. The van der Waals surface area contributed by atoms with Crippen LogP contribution in [0, 0.1) is 0 Å². The molecule has 1 aromatic rings. The van der Waals surface area contributed by atoms with Crippen LogP contribution in [0.2, 0.25) is 0 Å². The fourth-order valence-electron chi connectivity index (χ4n) is 1.06. The average Bonchev–Trinajstić information content (AvgIpc) is 2.60. The van der Waals surface area contributed by atoms with Gasteiger partial charge in [-0.15, -0.1) is 11.3 Å². The van der Waals surface area contributed by atoms with E-state index in [2.05, 4.69) is 10.3 Å². The lowest BCUT2D eigenvalue weighted by atomic mass is 10.2. The molecule has 1 rings (SSSR count). The second-order valence-corrected chi connectivity index (χ2v) is 5.71. The van der Waals surface area contributed by atoms with Gasteiger partial charge in [-0.2, -0.15) is 0 Å². The summed E-state index contributed by atoms with van der Waals surface area (Å²) in [6, 6.07) is 0. The van der Waals surface area contributed by atoms with Crippen LogP contribution in [0.4, 0.5) is 9.93 Å². The minimum absolute atomic E-state index is 0.388. The summed E-state index contributed by atoms with van der Waals surface area (Å²) in [4.78, 5) is 17.7. The van der Waals surface area contributed by atoms with Crippen LogP contribution < -0.4 is 10.2 Å². The zero-order chi connectivity index (χ0) is 13.1. The van der Waals surface area contributed by atoms with Gasteiger partial charge in [0.05, 0.1) is 12.2 Å². The van der Waals surface area contributed by atoms with Gasteiger partial charge in [-0.25, -0.2) is 9.78 Å². The molecule has 1 heterocycles. The van der Waals surface area contributed by atoms with Gasteiger partial charge in [0.2, 0.25) is 0 Å². The summed E-state index contributed by atoms with van der Waals surface area (Å²) >= 11 is 1.55. The number of anilines is 1. The molecule has 96 valence electrons. The molecule has 0 aliphatic heterocycles. The summed E-state index contributed by atoms with van der Waals surface area (Å²) in [7, 11) is 3.87. The van der Waals surface area contributed by atoms with Crippen LogP contribution in [0.25, 0.3) is 0 Å². The third-order valence-electron chi connectivity index (χ3n) is 1.73. The van der Waals surface area contributed by atoms with E-state index in [9.17, 15) is 4.79 Å². The van der Waals surface area contributed by atoms with Crippen LogP contribution in [0.5, 0.6) is 0 Å². The minimum Gasteiger partial charge on any atom is -0.444 e. The van der Waals surface area contributed by atoms with Crippen LogP contribution >= 0.6 is 11.3 Å². The van der Waals surface area contributed by atoms with Gasteiger partial charge in [0, 0.05) is 19.5 Å². The van der Waals surface area contributed by atoms with Crippen molar-refractivity contribution in [1.82, 2.24) is 10.3 Å². The molecule has 0 saturated carbocycles. The van der Waals surface area contributed by atoms with Gasteiger partial charge in [0.15, 0.2) is 5.13 Å². The van der Waals surface area contributed by atoms with Crippen LogP contribution in [0.3, 0.4) is 0 Å². The molecule has 0 unspecified atom stereocenters. The zero-order valence-corrected chi connectivity index (χ0v) is 11.7. The van der Waals surface area contributed by atoms with Crippen molar-refractivity contribution in [2.75, 3.05) is 19.0 Å². The Morgan fingerprint density at radius 1 is 1.53 bits per heavy atom. The zero-order valence-electron chi connectivity index (χ0n) is 10.9. The van der Waals surface area contributed by atoms with E-state index in [0.29, 0.717) is 6.54 Å². The first-order chi connectivity index (χ1) is 7.78. The summed E-state index contributed by atoms with van der Waals surface area (Å²) in [5, 5.41) is 5.52. The lowest BCUT2D eigenvalue weighted by Gasteiger charge is -2.19. The van der Waals surface area contributed by atoms with E-state index in [1.54, 1.807) is 11.3 Å². The van der Waals surface area contributed by atoms with Crippen LogP contribution in [0.15, 0.2) is 5.38 Å². The Hall–Kier alpha value is -1.30. The van der Waals surface area contributed by atoms with Crippen LogP contribution in [0.1, 0.15) is 26.5 Å². The van der Waals surface area contributed by atoms with Crippen molar-refractivity contribution in [3.05, 3.63) is 11.1 Å². The molecule has 1 N–H and O–H groups in total. The molecular weight excluding hydrogens is 238 g/mol. The standard InChI is InChI=1S/C11H19N3O2S/c1-11(2,3)16-10(15)12-6-8-7-17-9(13-8)14(4)5/h7H,6H2,1-5H3,(H,12,15). The summed E-state index contributed by atoms with van der Waals surface area (Å²) in [6.07, 6.45) is -0.420. The van der Waals surface area contributed by atoms with Crippen molar-refractivity contribution in [1.29, 1.82) is 0 Å². The molecule has 0 aliphatic rings. The molecule has 0 atom stereocenters.